The van der Waals surface area contributed by atoms with Crippen molar-refractivity contribution in [1.82, 2.24) is 10.2 Å². The molecule has 25 heavy (non-hydrogen) atoms. The third-order valence-corrected chi connectivity index (χ3v) is 4.18. The SMILES string of the molecule is COC(=O)c1ccc(-c2nnc(CCC(C)c3ccccc3)o2)cc1. The third kappa shape index (κ3) is 4.12. The van der Waals surface area contributed by atoms with Gasteiger partial charge in [0.2, 0.25) is 11.8 Å². The fraction of sp³-hybridized carbons (Fsp3) is 0.250. The van der Waals surface area contributed by atoms with Gasteiger partial charge >= 0.3 is 5.97 Å². The van der Waals surface area contributed by atoms with E-state index in [4.69, 9.17) is 4.42 Å². The molecule has 0 saturated heterocycles. The van der Waals surface area contributed by atoms with Crippen LogP contribution >= 0.6 is 0 Å². The van der Waals surface area contributed by atoms with E-state index < -0.39 is 0 Å². The second-order valence-electron chi connectivity index (χ2n) is 5.92. The van der Waals surface area contributed by atoms with Crippen LogP contribution in [0, 0.1) is 0 Å². The first-order valence-electron chi connectivity index (χ1n) is 8.23. The zero-order valence-corrected chi connectivity index (χ0v) is 14.3. The number of aromatic nitrogens is 2. The highest BCUT2D eigenvalue weighted by Crippen LogP contribution is 2.23. The van der Waals surface area contributed by atoms with Gasteiger partial charge in [0.1, 0.15) is 0 Å². The molecule has 3 aromatic rings. The molecule has 0 saturated carbocycles. The molecule has 0 aliphatic carbocycles. The molecule has 0 bridgehead atoms. The van der Waals surface area contributed by atoms with Gasteiger partial charge in [0, 0.05) is 12.0 Å². The number of methoxy groups -OCH3 is 1. The second kappa shape index (κ2) is 7.75. The van der Waals surface area contributed by atoms with Crippen molar-refractivity contribution in [1.29, 1.82) is 0 Å². The van der Waals surface area contributed by atoms with Crippen molar-refractivity contribution in [2.75, 3.05) is 7.11 Å². The molecule has 0 radical (unpaired) electrons. The number of nitrogens with zero attached hydrogens (tertiary/aromatic N) is 2. The van der Waals surface area contributed by atoms with Gasteiger partial charge < -0.3 is 9.15 Å². The van der Waals surface area contributed by atoms with E-state index in [1.54, 1.807) is 24.3 Å². The van der Waals surface area contributed by atoms with Crippen LogP contribution < -0.4 is 0 Å². The van der Waals surface area contributed by atoms with Gasteiger partial charge in [-0.15, -0.1) is 10.2 Å². The molecule has 0 fully saturated rings. The first kappa shape index (κ1) is 16.9. The molecule has 0 spiro atoms. The summed E-state index contributed by atoms with van der Waals surface area (Å²) < 4.78 is 10.4. The van der Waals surface area contributed by atoms with Crippen LogP contribution in [0.4, 0.5) is 0 Å². The smallest absolute Gasteiger partial charge is 0.337 e. The summed E-state index contributed by atoms with van der Waals surface area (Å²) in [6, 6.07) is 17.3. The van der Waals surface area contributed by atoms with E-state index in [0.29, 0.717) is 23.3 Å². The Morgan fingerprint density at radius 2 is 1.80 bits per heavy atom. The van der Waals surface area contributed by atoms with Gasteiger partial charge in [-0.1, -0.05) is 37.3 Å². The minimum absolute atomic E-state index is 0.368. The second-order valence-corrected chi connectivity index (χ2v) is 5.92. The van der Waals surface area contributed by atoms with Crippen molar-refractivity contribution in [3.8, 4) is 11.5 Å². The topological polar surface area (TPSA) is 65.2 Å². The Labute approximate surface area is 146 Å². The molecule has 128 valence electrons. The fourth-order valence-electron chi connectivity index (χ4n) is 2.63. The minimum Gasteiger partial charge on any atom is -0.465 e. The molecular formula is C20H20N2O3. The Morgan fingerprint density at radius 3 is 2.48 bits per heavy atom. The number of hydrogen-bond acceptors (Lipinski definition) is 5. The van der Waals surface area contributed by atoms with Crippen molar-refractivity contribution in [3.05, 3.63) is 71.6 Å². The molecule has 1 atom stereocenters. The number of carbonyl (C=O) groups excluding carboxylic acids is 1. The summed E-state index contributed by atoms with van der Waals surface area (Å²) >= 11 is 0. The van der Waals surface area contributed by atoms with E-state index in [9.17, 15) is 4.79 Å². The van der Waals surface area contributed by atoms with Crippen LogP contribution in [-0.4, -0.2) is 23.3 Å². The molecule has 0 aliphatic rings. The van der Waals surface area contributed by atoms with Gasteiger partial charge in [0.05, 0.1) is 12.7 Å². The maximum atomic E-state index is 11.5. The van der Waals surface area contributed by atoms with Gasteiger partial charge in [-0.05, 0) is 42.2 Å². The molecule has 0 N–H and O–H groups in total. The van der Waals surface area contributed by atoms with Crippen LogP contribution in [0.5, 0.6) is 0 Å². The lowest BCUT2D eigenvalue weighted by Crippen LogP contribution is -2.00. The number of ether oxygens (including phenoxy) is 1. The van der Waals surface area contributed by atoms with E-state index in [1.165, 1.54) is 12.7 Å². The van der Waals surface area contributed by atoms with E-state index in [0.717, 1.165) is 18.4 Å². The highest BCUT2D eigenvalue weighted by molar-refractivity contribution is 5.89. The van der Waals surface area contributed by atoms with Crippen LogP contribution in [0.2, 0.25) is 0 Å². The van der Waals surface area contributed by atoms with E-state index in [-0.39, 0.29) is 5.97 Å². The lowest BCUT2D eigenvalue weighted by atomic mass is 9.96. The molecule has 1 heterocycles. The normalized spacial score (nSPS) is 11.9. The summed E-state index contributed by atoms with van der Waals surface area (Å²) in [4.78, 5) is 11.5. The molecule has 5 heteroatoms. The molecule has 1 aromatic heterocycles. The summed E-state index contributed by atoms with van der Waals surface area (Å²) in [5.74, 6) is 1.14. The van der Waals surface area contributed by atoms with Gasteiger partial charge in [-0.2, -0.15) is 0 Å². The van der Waals surface area contributed by atoms with Crippen molar-refractivity contribution in [2.45, 2.75) is 25.7 Å². The lowest BCUT2D eigenvalue weighted by Gasteiger charge is -2.09. The quantitative estimate of drug-likeness (QED) is 0.629. The lowest BCUT2D eigenvalue weighted by molar-refractivity contribution is 0.0600. The molecular weight excluding hydrogens is 316 g/mol. The maximum absolute atomic E-state index is 11.5. The first-order valence-corrected chi connectivity index (χ1v) is 8.23. The molecule has 3 rings (SSSR count). The van der Waals surface area contributed by atoms with Crippen molar-refractivity contribution >= 4 is 5.97 Å². The predicted octanol–water partition coefficient (Wildman–Crippen LogP) is 4.26. The average Bonchev–Trinajstić information content (AvgIpc) is 3.15. The fourth-order valence-corrected chi connectivity index (χ4v) is 2.63. The molecule has 2 aromatic carbocycles. The highest BCUT2D eigenvalue weighted by atomic mass is 16.5. The number of aryl methyl sites for hydroxylation is 1. The van der Waals surface area contributed by atoms with E-state index in [1.807, 2.05) is 6.07 Å². The van der Waals surface area contributed by atoms with Gasteiger partial charge in [-0.3, -0.25) is 0 Å². The molecule has 0 amide bonds. The van der Waals surface area contributed by atoms with Crippen molar-refractivity contribution in [2.24, 2.45) is 0 Å². The Hall–Kier alpha value is -2.95. The van der Waals surface area contributed by atoms with Crippen LogP contribution in [0.3, 0.4) is 0 Å². The first-order chi connectivity index (χ1) is 12.2. The summed E-state index contributed by atoms with van der Waals surface area (Å²) in [6.45, 7) is 2.19. The Morgan fingerprint density at radius 1 is 1.08 bits per heavy atom. The number of rotatable bonds is 6. The van der Waals surface area contributed by atoms with E-state index >= 15 is 0 Å². The van der Waals surface area contributed by atoms with Gasteiger partial charge in [0.15, 0.2) is 0 Å². The summed E-state index contributed by atoms with van der Waals surface area (Å²) in [7, 11) is 1.36. The number of esters is 1. The molecule has 1 unspecified atom stereocenters. The van der Waals surface area contributed by atoms with Gasteiger partial charge in [-0.25, -0.2) is 4.79 Å². The zero-order valence-electron chi connectivity index (χ0n) is 14.3. The third-order valence-electron chi connectivity index (χ3n) is 4.18. The Balaban J connectivity index is 1.63. The van der Waals surface area contributed by atoms with Crippen molar-refractivity contribution in [3.63, 3.8) is 0 Å². The largest absolute Gasteiger partial charge is 0.465 e. The number of carbonyl (C=O) groups is 1. The monoisotopic (exact) mass is 336 g/mol. The van der Waals surface area contributed by atoms with Crippen LogP contribution in [0.15, 0.2) is 59.0 Å². The minimum atomic E-state index is -0.368. The zero-order chi connectivity index (χ0) is 17.6. The summed E-state index contributed by atoms with van der Waals surface area (Å²) in [5, 5.41) is 8.22. The summed E-state index contributed by atoms with van der Waals surface area (Å²) in [6.07, 6.45) is 1.66. The highest BCUT2D eigenvalue weighted by Gasteiger charge is 2.12. The van der Waals surface area contributed by atoms with Crippen molar-refractivity contribution < 1.29 is 13.9 Å². The van der Waals surface area contributed by atoms with Gasteiger partial charge in [0.25, 0.3) is 0 Å². The summed E-state index contributed by atoms with van der Waals surface area (Å²) in [5.41, 5.74) is 2.57. The van der Waals surface area contributed by atoms with E-state index in [2.05, 4.69) is 46.1 Å². The van der Waals surface area contributed by atoms with Crippen LogP contribution in [-0.2, 0) is 11.2 Å². The Kier molecular flexibility index (Phi) is 5.23. The Bertz CT molecular complexity index is 826. The standard InChI is InChI=1S/C20H20N2O3/c1-14(15-6-4-3-5-7-15)8-13-18-21-22-19(25-18)16-9-11-17(12-10-16)20(23)24-2/h3-7,9-12,14H,8,13H2,1-2H3. The molecule has 5 nitrogen and oxygen atoms in total. The van der Waals surface area contributed by atoms with Crippen LogP contribution in [0.25, 0.3) is 11.5 Å². The number of benzene rings is 2. The predicted molar refractivity (Wildman–Crippen MR) is 94.3 cm³/mol. The maximum Gasteiger partial charge on any atom is 0.337 e. The molecule has 0 aliphatic heterocycles. The van der Waals surface area contributed by atoms with Crippen LogP contribution in [0.1, 0.15) is 41.1 Å². The average molecular weight is 336 g/mol. The number of hydrogen-bond donors (Lipinski definition) is 0.